The fourth-order valence-corrected chi connectivity index (χ4v) is 6.32. The van der Waals surface area contributed by atoms with Gasteiger partial charge in [0.2, 0.25) is 0 Å². The van der Waals surface area contributed by atoms with Crippen LogP contribution in [0, 0.1) is 62.3 Å². The number of nitrogen functional groups attached to an aromatic ring is 1. The van der Waals surface area contributed by atoms with Crippen LogP contribution in [0.1, 0.15) is 50.1 Å². The number of anilines is 3. The highest BCUT2D eigenvalue weighted by Gasteiger charge is 2.14. The molecule has 0 amide bonds. The molecule has 0 heterocycles. The highest BCUT2D eigenvalue weighted by molar-refractivity contribution is 9.12. The number of nitrogens with two attached hydrogens (primary N) is 1. The number of hydrogen-bond donors (Lipinski definition) is 3. The average Bonchev–Trinajstić information content (AvgIpc) is 2.88. The summed E-state index contributed by atoms with van der Waals surface area (Å²) in [6, 6.07) is 13.5. The molecule has 0 radical (unpaired) electrons. The lowest BCUT2D eigenvalue weighted by atomic mass is 10.0. The van der Waals surface area contributed by atoms with Crippen molar-refractivity contribution in [1.29, 1.82) is 0 Å². The summed E-state index contributed by atoms with van der Waals surface area (Å²) in [6.07, 6.45) is 0. The average molecular weight is 770 g/mol. The second-order valence-electron chi connectivity index (χ2n) is 12.9. The maximum atomic E-state index is 5.75. The van der Waals surface area contributed by atoms with Crippen molar-refractivity contribution in [2.75, 3.05) is 69.5 Å². The van der Waals surface area contributed by atoms with E-state index in [1.165, 1.54) is 61.4 Å². The topological polar surface area (TPSA) is 56.6 Å². The Balaban J connectivity index is 0.000000834. The van der Waals surface area contributed by atoms with Gasteiger partial charge < -0.3 is 26.2 Å². The molecule has 0 aliphatic rings. The van der Waals surface area contributed by atoms with E-state index in [-0.39, 0.29) is 12.4 Å². The molecule has 0 aliphatic heterocycles. The van der Waals surface area contributed by atoms with Crippen molar-refractivity contribution in [2.45, 2.75) is 73.2 Å². The molecular weight excluding hydrogens is 710 g/mol. The van der Waals surface area contributed by atoms with E-state index in [9.17, 15) is 0 Å². The molecule has 3 aromatic carbocycles. The molecule has 254 valence electrons. The number of benzene rings is 3. The minimum Gasteiger partial charge on any atom is -0.398 e. The van der Waals surface area contributed by atoms with Gasteiger partial charge in [-0.15, -0.1) is 12.4 Å². The van der Waals surface area contributed by atoms with Crippen molar-refractivity contribution in [1.82, 2.24) is 9.80 Å². The number of likely N-dealkylation sites (N-methyl/N-ethyl adjacent to an activating group) is 1. The van der Waals surface area contributed by atoms with Crippen LogP contribution in [0.4, 0.5) is 17.1 Å². The van der Waals surface area contributed by atoms with Crippen LogP contribution in [0.25, 0.3) is 0 Å². The monoisotopic (exact) mass is 767 g/mol. The summed E-state index contributed by atoms with van der Waals surface area (Å²) < 4.78 is 0. The first-order valence-electron chi connectivity index (χ1n) is 15.4. The van der Waals surface area contributed by atoms with E-state index < -0.39 is 0 Å². The predicted octanol–water partition coefficient (Wildman–Crippen LogP) is 9.31. The third-order valence-electron chi connectivity index (χ3n) is 7.28. The summed E-state index contributed by atoms with van der Waals surface area (Å²) in [6.45, 7) is 22.2. The SMILES string of the molecule is CN(C)CC(Br)CBr.Cc1cc(C)c(N)c(C)c1.Cc1cc(C)c(NCC(CN(C)C)Nc2c(C)cc(C)cc2C)c(C)c1.Cl. The molecule has 0 bridgehead atoms. The van der Waals surface area contributed by atoms with Crippen molar-refractivity contribution < 1.29 is 0 Å². The van der Waals surface area contributed by atoms with E-state index in [0.29, 0.717) is 10.9 Å². The Morgan fingerprint density at radius 2 is 0.978 bits per heavy atom. The first kappa shape index (κ1) is 43.2. The summed E-state index contributed by atoms with van der Waals surface area (Å²) in [7, 11) is 8.39. The fourth-order valence-electron chi connectivity index (χ4n) is 5.53. The fraction of sp³-hybridized carbons (Fsp3) is 0.514. The van der Waals surface area contributed by atoms with Crippen LogP contribution in [0.3, 0.4) is 0 Å². The number of rotatable bonds is 10. The van der Waals surface area contributed by atoms with E-state index in [0.717, 1.165) is 30.7 Å². The number of aryl methyl sites for hydroxylation is 9. The lowest BCUT2D eigenvalue weighted by molar-refractivity contribution is 0.388. The Bertz CT molecular complexity index is 1260. The Kier molecular flexibility index (Phi) is 20.3. The first-order chi connectivity index (χ1) is 20.4. The van der Waals surface area contributed by atoms with Gasteiger partial charge in [0.15, 0.2) is 0 Å². The second kappa shape index (κ2) is 21.2. The lowest BCUT2D eigenvalue weighted by Crippen LogP contribution is -2.38. The summed E-state index contributed by atoms with van der Waals surface area (Å²) in [5.41, 5.74) is 20.7. The number of halogens is 3. The Morgan fingerprint density at radius 3 is 1.31 bits per heavy atom. The van der Waals surface area contributed by atoms with Crippen LogP contribution in [0.15, 0.2) is 36.4 Å². The molecule has 2 unspecified atom stereocenters. The normalized spacial score (nSPS) is 11.9. The number of nitrogens with one attached hydrogen (secondary N) is 2. The molecule has 3 rings (SSSR count). The summed E-state index contributed by atoms with van der Waals surface area (Å²) in [5.74, 6) is 0. The van der Waals surface area contributed by atoms with Crippen LogP contribution < -0.4 is 16.4 Å². The van der Waals surface area contributed by atoms with Crippen LogP contribution in [0.5, 0.6) is 0 Å². The maximum Gasteiger partial charge on any atom is 0.0560 e. The highest BCUT2D eigenvalue weighted by atomic mass is 79.9. The van der Waals surface area contributed by atoms with E-state index in [1.807, 2.05) is 13.8 Å². The molecule has 0 saturated carbocycles. The van der Waals surface area contributed by atoms with Crippen LogP contribution >= 0.6 is 44.3 Å². The molecule has 8 heteroatoms. The van der Waals surface area contributed by atoms with Gasteiger partial charge in [0.1, 0.15) is 0 Å². The van der Waals surface area contributed by atoms with E-state index in [4.69, 9.17) is 5.73 Å². The second-order valence-corrected chi connectivity index (χ2v) is 14.8. The van der Waals surface area contributed by atoms with Crippen LogP contribution in [0.2, 0.25) is 0 Å². The maximum absolute atomic E-state index is 5.75. The summed E-state index contributed by atoms with van der Waals surface area (Å²) in [4.78, 5) is 4.98. The molecule has 5 nitrogen and oxygen atoms in total. The third-order valence-corrected chi connectivity index (χ3v) is 9.55. The smallest absolute Gasteiger partial charge is 0.0560 e. The molecule has 0 aromatic heterocycles. The Hall–Kier alpha value is -1.77. The molecule has 0 fully saturated rings. The minimum atomic E-state index is 0. The van der Waals surface area contributed by atoms with Crippen LogP contribution in [-0.2, 0) is 0 Å². The van der Waals surface area contributed by atoms with Crippen molar-refractivity contribution in [3.05, 3.63) is 86.5 Å². The van der Waals surface area contributed by atoms with Crippen molar-refractivity contribution in [3.8, 4) is 0 Å². The van der Waals surface area contributed by atoms with Gasteiger partial charge in [-0.3, -0.25) is 0 Å². The zero-order chi connectivity index (χ0) is 33.7. The summed E-state index contributed by atoms with van der Waals surface area (Å²) >= 11 is 6.86. The van der Waals surface area contributed by atoms with Gasteiger partial charge in [-0.1, -0.05) is 84.9 Å². The van der Waals surface area contributed by atoms with Gasteiger partial charge in [-0.2, -0.15) is 0 Å². The van der Waals surface area contributed by atoms with E-state index in [2.05, 4.69) is 165 Å². The molecule has 0 spiro atoms. The zero-order valence-electron chi connectivity index (χ0n) is 30.1. The van der Waals surface area contributed by atoms with E-state index in [1.54, 1.807) is 0 Å². The van der Waals surface area contributed by atoms with E-state index >= 15 is 0 Å². The first-order valence-corrected chi connectivity index (χ1v) is 17.5. The zero-order valence-corrected chi connectivity index (χ0v) is 34.1. The molecular formula is C37H60Br2ClN5. The molecule has 45 heavy (non-hydrogen) atoms. The standard InChI is InChI=1S/C23H35N3.C9H13N.C5H11Br2N.ClH/c1-15-9-17(3)22(18(4)10-15)24-13-21(14-26(7)8)25-23-19(5)11-16(2)12-20(23)6;1-6-4-7(2)9(10)8(3)5-6;1-8(2)4-5(7)3-6;/h9-12,21,24-25H,13-14H2,1-8H3;4-5H,10H2,1-3H3;5H,3-4H2,1-2H3;1H. The highest BCUT2D eigenvalue weighted by Crippen LogP contribution is 2.25. The molecule has 0 saturated heterocycles. The molecule has 4 N–H and O–H groups in total. The van der Waals surface area contributed by atoms with Gasteiger partial charge >= 0.3 is 0 Å². The molecule has 3 aromatic rings. The predicted molar refractivity (Wildman–Crippen MR) is 213 cm³/mol. The largest absolute Gasteiger partial charge is 0.398 e. The van der Waals surface area contributed by atoms with Gasteiger partial charge in [-0.25, -0.2) is 0 Å². The number of alkyl halides is 2. The summed E-state index contributed by atoms with van der Waals surface area (Å²) in [5, 5.41) is 8.50. The quantitative estimate of drug-likeness (QED) is 0.142. The lowest BCUT2D eigenvalue weighted by Gasteiger charge is -2.27. The van der Waals surface area contributed by atoms with Gasteiger partial charge in [0.25, 0.3) is 0 Å². The van der Waals surface area contributed by atoms with Crippen molar-refractivity contribution >= 4 is 61.3 Å². The molecule has 2 atom stereocenters. The third kappa shape index (κ3) is 16.1. The minimum absolute atomic E-state index is 0. The van der Waals surface area contributed by atoms with Crippen LogP contribution in [-0.4, -0.2) is 73.8 Å². The van der Waals surface area contributed by atoms with Gasteiger partial charge in [-0.05, 0) is 124 Å². The molecule has 0 aliphatic carbocycles. The van der Waals surface area contributed by atoms with Crippen molar-refractivity contribution in [2.24, 2.45) is 0 Å². The van der Waals surface area contributed by atoms with Gasteiger partial charge in [0, 0.05) is 46.9 Å². The Labute approximate surface area is 298 Å². The van der Waals surface area contributed by atoms with Crippen molar-refractivity contribution in [3.63, 3.8) is 0 Å². The number of hydrogen-bond acceptors (Lipinski definition) is 5. The number of nitrogens with zero attached hydrogens (tertiary/aromatic N) is 2. The Morgan fingerprint density at radius 1 is 0.622 bits per heavy atom. The van der Waals surface area contributed by atoms with Gasteiger partial charge in [0.05, 0.1) is 6.04 Å².